The molecule has 40 heavy (non-hydrogen) atoms. The van der Waals surface area contributed by atoms with E-state index in [4.69, 9.17) is 0 Å². The standard InChI is InChI=1S/C28H37N7O5/c1-18(2)13-22-25-23(30-17-29-22)14-20(31-25)16-35-12-8-10-21(27(35)38)32-26(37)19(15-34(5)28(39)40)9-6-7-11-24(36)33(3)4/h7-8,10-12,14,17-19,31H,6,9,13,15-16H2,1-5H3,(H,32,37)(H,39,40)/b11-7+/t19-/m0/s1. The summed E-state index contributed by atoms with van der Waals surface area (Å²) in [6, 6.07) is 5.06. The van der Waals surface area contributed by atoms with Gasteiger partial charge in [0.15, 0.2) is 0 Å². The molecule has 0 radical (unpaired) electrons. The normalized spacial score (nSPS) is 12.2. The zero-order valence-corrected chi connectivity index (χ0v) is 23.5. The number of fused-ring (bicyclic) bond motifs is 1. The van der Waals surface area contributed by atoms with Gasteiger partial charge in [0, 0.05) is 39.6 Å². The van der Waals surface area contributed by atoms with E-state index in [1.54, 1.807) is 32.4 Å². The van der Waals surface area contributed by atoms with Crippen molar-refractivity contribution >= 4 is 34.6 Å². The Balaban J connectivity index is 1.77. The zero-order chi connectivity index (χ0) is 29.4. The van der Waals surface area contributed by atoms with Crippen LogP contribution in [-0.2, 0) is 22.6 Å². The highest BCUT2D eigenvalue weighted by Gasteiger charge is 2.23. The van der Waals surface area contributed by atoms with Gasteiger partial charge in [-0.25, -0.2) is 14.8 Å². The minimum atomic E-state index is -1.17. The van der Waals surface area contributed by atoms with Crippen LogP contribution in [-0.4, -0.2) is 80.0 Å². The number of aromatic nitrogens is 4. The molecule has 12 nitrogen and oxygen atoms in total. The Morgan fingerprint density at radius 1 is 1.20 bits per heavy atom. The van der Waals surface area contributed by atoms with Crippen LogP contribution >= 0.6 is 0 Å². The van der Waals surface area contributed by atoms with Gasteiger partial charge in [0.25, 0.3) is 5.56 Å². The summed E-state index contributed by atoms with van der Waals surface area (Å²) in [6.07, 6.45) is 6.52. The second-order valence-electron chi connectivity index (χ2n) is 10.4. The van der Waals surface area contributed by atoms with Gasteiger partial charge in [-0.15, -0.1) is 0 Å². The number of hydrogen-bond donors (Lipinski definition) is 3. The molecule has 0 unspecified atom stereocenters. The molecule has 0 saturated heterocycles. The van der Waals surface area contributed by atoms with Crippen molar-refractivity contribution in [3.8, 4) is 0 Å². The molecule has 0 aromatic carbocycles. The number of nitrogens with one attached hydrogen (secondary N) is 2. The van der Waals surface area contributed by atoms with Gasteiger partial charge < -0.3 is 29.8 Å². The monoisotopic (exact) mass is 551 g/mol. The van der Waals surface area contributed by atoms with Crippen LogP contribution in [0, 0.1) is 11.8 Å². The number of carbonyl (C=O) groups is 3. The number of nitrogens with zero attached hydrogens (tertiary/aromatic N) is 5. The minimum Gasteiger partial charge on any atom is -0.465 e. The van der Waals surface area contributed by atoms with Crippen molar-refractivity contribution in [1.82, 2.24) is 29.3 Å². The fraction of sp³-hybridized carbons (Fsp3) is 0.429. The van der Waals surface area contributed by atoms with Crippen molar-refractivity contribution in [2.75, 3.05) is 33.0 Å². The molecule has 3 N–H and O–H groups in total. The van der Waals surface area contributed by atoms with Crippen LogP contribution in [0.4, 0.5) is 10.5 Å². The van der Waals surface area contributed by atoms with Crippen LogP contribution in [0.2, 0.25) is 0 Å². The third-order valence-corrected chi connectivity index (χ3v) is 6.35. The fourth-order valence-electron chi connectivity index (χ4n) is 4.19. The number of H-pyrrole nitrogens is 1. The van der Waals surface area contributed by atoms with E-state index in [1.807, 2.05) is 6.07 Å². The number of allylic oxidation sites excluding steroid dienone is 1. The topological polar surface area (TPSA) is 154 Å². The summed E-state index contributed by atoms with van der Waals surface area (Å²) >= 11 is 0. The zero-order valence-electron chi connectivity index (χ0n) is 23.5. The molecular weight excluding hydrogens is 514 g/mol. The van der Waals surface area contributed by atoms with Gasteiger partial charge in [-0.1, -0.05) is 19.9 Å². The maximum absolute atomic E-state index is 13.2. The van der Waals surface area contributed by atoms with Crippen LogP contribution in [0.15, 0.2) is 47.7 Å². The van der Waals surface area contributed by atoms with E-state index in [0.717, 1.165) is 33.7 Å². The van der Waals surface area contributed by atoms with Gasteiger partial charge in [0.05, 0.1) is 29.2 Å². The third kappa shape index (κ3) is 8.01. The molecule has 0 bridgehead atoms. The summed E-state index contributed by atoms with van der Waals surface area (Å²) in [6.45, 7) is 4.40. The quantitative estimate of drug-likeness (QED) is 0.293. The second-order valence-corrected chi connectivity index (χ2v) is 10.4. The minimum absolute atomic E-state index is 0.0630. The lowest BCUT2D eigenvalue weighted by Gasteiger charge is -2.21. The van der Waals surface area contributed by atoms with Crippen molar-refractivity contribution < 1.29 is 19.5 Å². The van der Waals surface area contributed by atoms with E-state index in [2.05, 4.69) is 34.1 Å². The van der Waals surface area contributed by atoms with Gasteiger partial charge >= 0.3 is 6.09 Å². The highest BCUT2D eigenvalue weighted by molar-refractivity contribution is 5.92. The molecule has 3 rings (SSSR count). The number of amides is 3. The molecule has 0 aliphatic carbocycles. The molecule has 1 atom stereocenters. The first-order valence-electron chi connectivity index (χ1n) is 13.1. The fourth-order valence-corrected chi connectivity index (χ4v) is 4.19. The molecule has 3 aromatic heterocycles. The van der Waals surface area contributed by atoms with Crippen molar-refractivity contribution in [1.29, 1.82) is 0 Å². The van der Waals surface area contributed by atoms with E-state index < -0.39 is 23.5 Å². The number of aromatic amines is 1. The Kier molecular flexibility index (Phi) is 10.2. The van der Waals surface area contributed by atoms with E-state index >= 15 is 0 Å². The molecule has 0 aliphatic heterocycles. The van der Waals surface area contributed by atoms with Gasteiger partial charge in [-0.05, 0) is 49.5 Å². The van der Waals surface area contributed by atoms with E-state index in [-0.39, 0.29) is 31.1 Å². The molecule has 214 valence electrons. The maximum Gasteiger partial charge on any atom is 0.407 e. The largest absolute Gasteiger partial charge is 0.465 e. The van der Waals surface area contributed by atoms with Crippen LogP contribution in [0.1, 0.15) is 38.1 Å². The SMILES string of the molecule is CC(C)Cc1ncnc2cc(Cn3cccc(NC(=O)[C@@H](CC/C=C/C(=O)N(C)C)CN(C)C(=O)O)c3=O)[nH]c12. The molecule has 0 saturated carbocycles. The number of rotatable bonds is 12. The van der Waals surface area contributed by atoms with Gasteiger partial charge in [0.2, 0.25) is 11.8 Å². The maximum atomic E-state index is 13.2. The predicted octanol–water partition coefficient (Wildman–Crippen LogP) is 2.96. The van der Waals surface area contributed by atoms with E-state index in [0.29, 0.717) is 12.3 Å². The van der Waals surface area contributed by atoms with Crippen molar-refractivity contribution in [2.45, 2.75) is 39.7 Å². The molecule has 3 heterocycles. The lowest BCUT2D eigenvalue weighted by atomic mass is 10.0. The number of likely N-dealkylation sites (N-methyl/N-ethyl adjacent to an activating group) is 1. The van der Waals surface area contributed by atoms with Crippen LogP contribution in [0.3, 0.4) is 0 Å². The Labute approximate surface area is 232 Å². The number of anilines is 1. The summed E-state index contributed by atoms with van der Waals surface area (Å²) in [5.74, 6) is -0.982. The third-order valence-electron chi connectivity index (χ3n) is 6.35. The number of carboxylic acid groups (broad SMARTS) is 1. The first kappa shape index (κ1) is 30.1. The van der Waals surface area contributed by atoms with Gasteiger partial charge in [0.1, 0.15) is 12.0 Å². The van der Waals surface area contributed by atoms with E-state index in [9.17, 15) is 24.3 Å². The van der Waals surface area contributed by atoms with Crippen molar-refractivity contribution in [2.24, 2.45) is 11.8 Å². The summed E-state index contributed by atoms with van der Waals surface area (Å²) in [4.78, 5) is 64.1. The Hall–Kier alpha value is -4.48. The van der Waals surface area contributed by atoms with Gasteiger partial charge in [-0.2, -0.15) is 0 Å². The van der Waals surface area contributed by atoms with Crippen LogP contribution in [0.25, 0.3) is 11.0 Å². The summed E-state index contributed by atoms with van der Waals surface area (Å²) in [5.41, 5.74) is 2.99. The molecule has 0 fully saturated rings. The highest BCUT2D eigenvalue weighted by Crippen LogP contribution is 2.19. The molecular formula is C28H37N7O5. The predicted molar refractivity (Wildman–Crippen MR) is 152 cm³/mol. The number of carbonyl (C=O) groups excluding carboxylic acids is 2. The summed E-state index contributed by atoms with van der Waals surface area (Å²) in [5, 5.41) is 12.0. The van der Waals surface area contributed by atoms with Crippen molar-refractivity contribution in [3.05, 3.63) is 64.6 Å². The first-order chi connectivity index (χ1) is 19.0. The second kappa shape index (κ2) is 13.5. The Morgan fingerprint density at radius 2 is 1.95 bits per heavy atom. The molecule has 0 spiro atoms. The van der Waals surface area contributed by atoms with Crippen molar-refractivity contribution in [3.63, 3.8) is 0 Å². The Morgan fingerprint density at radius 3 is 2.62 bits per heavy atom. The van der Waals surface area contributed by atoms with Gasteiger partial charge in [-0.3, -0.25) is 14.4 Å². The number of hydrogen-bond acceptors (Lipinski definition) is 6. The molecule has 3 aromatic rings. The lowest BCUT2D eigenvalue weighted by molar-refractivity contribution is -0.123. The molecule has 0 aliphatic rings. The van der Waals surface area contributed by atoms with E-state index in [1.165, 1.54) is 35.0 Å². The van der Waals surface area contributed by atoms with Crippen LogP contribution < -0.4 is 10.9 Å². The molecule has 12 heteroatoms. The smallest absolute Gasteiger partial charge is 0.407 e. The average Bonchev–Trinajstić information content (AvgIpc) is 3.31. The molecule has 3 amide bonds. The lowest BCUT2D eigenvalue weighted by Crippen LogP contribution is -2.37. The van der Waals surface area contributed by atoms with Crippen LogP contribution in [0.5, 0.6) is 0 Å². The Bertz CT molecular complexity index is 1440. The highest BCUT2D eigenvalue weighted by atomic mass is 16.4. The first-order valence-corrected chi connectivity index (χ1v) is 13.1. The number of pyridine rings is 1. The summed E-state index contributed by atoms with van der Waals surface area (Å²) < 4.78 is 1.48. The average molecular weight is 552 g/mol. The summed E-state index contributed by atoms with van der Waals surface area (Å²) in [7, 11) is 4.64.